The van der Waals surface area contributed by atoms with Gasteiger partial charge in [-0.1, -0.05) is 16.8 Å². The van der Waals surface area contributed by atoms with Crippen molar-refractivity contribution in [2.45, 2.75) is 19.1 Å². The smallest absolute Gasteiger partial charge is 0.220 e. The maximum atomic E-state index is 12.6. The van der Waals surface area contributed by atoms with Gasteiger partial charge in [-0.15, -0.1) is 35.3 Å². The Morgan fingerprint density at radius 3 is 2.66 bits per heavy atom. The van der Waals surface area contributed by atoms with Crippen LogP contribution in [-0.4, -0.2) is 68.0 Å². The Kier molecular flexibility index (Phi) is 9.66. The molecule has 0 radical (unpaired) electrons. The normalized spacial score (nSPS) is 15.9. The minimum Gasteiger partial charge on any atom is -0.364 e. The van der Waals surface area contributed by atoms with Crippen molar-refractivity contribution in [1.82, 2.24) is 19.7 Å². The van der Waals surface area contributed by atoms with Crippen LogP contribution >= 0.6 is 46.9 Å². The first-order chi connectivity index (χ1) is 13.5. The summed E-state index contributed by atoms with van der Waals surface area (Å²) in [5.41, 5.74) is 0.422. The molecule has 0 unspecified atom stereocenters. The quantitative estimate of drug-likeness (QED) is 0.311. The van der Waals surface area contributed by atoms with Crippen molar-refractivity contribution >= 4 is 62.9 Å². The van der Waals surface area contributed by atoms with Crippen molar-refractivity contribution in [2.24, 2.45) is 4.99 Å². The second-order valence-corrected chi connectivity index (χ2v) is 10.1. The molecule has 3 heterocycles. The molecule has 8 nitrogen and oxygen atoms in total. The number of thiophene rings is 1. The number of rotatable bonds is 7. The van der Waals surface area contributed by atoms with E-state index in [0.717, 1.165) is 23.3 Å². The van der Waals surface area contributed by atoms with Crippen LogP contribution < -0.4 is 5.32 Å². The molecule has 0 spiro atoms. The van der Waals surface area contributed by atoms with Gasteiger partial charge in [-0.05, 0) is 19.1 Å². The van der Waals surface area contributed by atoms with Gasteiger partial charge in [-0.25, -0.2) is 8.42 Å². The Hall–Kier alpha value is -0.890. The third-order valence-corrected chi connectivity index (χ3v) is 7.44. The molecule has 1 saturated heterocycles. The van der Waals surface area contributed by atoms with Gasteiger partial charge in [-0.3, -0.25) is 4.99 Å². The van der Waals surface area contributed by atoms with E-state index in [4.69, 9.17) is 21.1 Å². The van der Waals surface area contributed by atoms with E-state index in [-0.39, 0.29) is 29.7 Å². The molecular weight excluding hydrogens is 549 g/mol. The van der Waals surface area contributed by atoms with Crippen molar-refractivity contribution < 1.29 is 12.9 Å². The summed E-state index contributed by atoms with van der Waals surface area (Å²) in [5, 5.41) is 6.99. The Morgan fingerprint density at radius 1 is 1.31 bits per heavy atom. The summed E-state index contributed by atoms with van der Waals surface area (Å²) in [6.07, 6.45) is 2.21. The largest absolute Gasteiger partial charge is 0.364 e. The van der Waals surface area contributed by atoms with E-state index in [1.165, 1.54) is 15.4 Å². The fourth-order valence-electron chi connectivity index (χ4n) is 2.95. The van der Waals surface area contributed by atoms with E-state index in [1.54, 1.807) is 17.4 Å². The summed E-state index contributed by atoms with van der Waals surface area (Å²) in [4.78, 5) is 8.00. The molecule has 3 rings (SSSR count). The lowest BCUT2D eigenvalue weighted by atomic mass is 10.3. The molecule has 1 fully saturated rings. The van der Waals surface area contributed by atoms with Crippen LogP contribution in [0.5, 0.6) is 0 Å². The fraction of sp³-hybridized carbons (Fsp3) is 0.529. The maximum Gasteiger partial charge on any atom is 0.220 e. The zero-order valence-corrected chi connectivity index (χ0v) is 20.8. The Balaban J connectivity index is 0.00000300. The molecule has 1 aliphatic rings. The Morgan fingerprint density at radius 2 is 2.07 bits per heavy atom. The molecule has 0 bridgehead atoms. The molecule has 1 aliphatic heterocycles. The fourth-order valence-corrected chi connectivity index (χ4v) is 5.45. The van der Waals surface area contributed by atoms with Crippen LogP contribution in [0.15, 0.2) is 34.0 Å². The average Bonchev–Trinajstić information content (AvgIpc) is 3.32. The van der Waals surface area contributed by atoms with E-state index in [0.29, 0.717) is 38.4 Å². The van der Waals surface area contributed by atoms with Gasteiger partial charge in [0.25, 0.3) is 0 Å². The van der Waals surface area contributed by atoms with Gasteiger partial charge in [0.2, 0.25) is 10.0 Å². The molecule has 2 aromatic heterocycles. The SMILES string of the molecule is CCNC(=NCCc1ccc(Cl)s1)N1CCN(S(=O)(=O)Cc2ccon2)CC1.I. The Labute approximate surface area is 197 Å². The first kappa shape index (κ1) is 24.4. The van der Waals surface area contributed by atoms with Gasteiger partial charge in [0.15, 0.2) is 5.96 Å². The highest BCUT2D eigenvalue weighted by molar-refractivity contribution is 14.0. The standard InChI is InChI=1S/C17H24ClN5O3S2.HI/c1-2-19-17(20-7-5-15-3-4-16(18)27-15)22-8-10-23(11-9-22)28(24,25)13-14-6-12-26-21-14;/h3-4,6,12H,2,5,7-11,13H2,1H3,(H,19,20);1H. The number of piperazine rings is 1. The van der Waals surface area contributed by atoms with E-state index < -0.39 is 10.0 Å². The van der Waals surface area contributed by atoms with Crippen LogP contribution in [0.4, 0.5) is 0 Å². The number of sulfonamides is 1. The third kappa shape index (κ3) is 7.09. The van der Waals surface area contributed by atoms with Crippen LogP contribution in [0.1, 0.15) is 17.5 Å². The van der Waals surface area contributed by atoms with Crippen LogP contribution in [0.3, 0.4) is 0 Å². The topological polar surface area (TPSA) is 91.0 Å². The van der Waals surface area contributed by atoms with Gasteiger partial charge < -0.3 is 14.7 Å². The zero-order chi connectivity index (χ0) is 20.0. The van der Waals surface area contributed by atoms with Gasteiger partial charge in [0, 0.05) is 56.6 Å². The molecule has 0 atom stereocenters. The minimum absolute atomic E-state index is 0. The molecule has 162 valence electrons. The predicted molar refractivity (Wildman–Crippen MR) is 127 cm³/mol. The molecule has 0 saturated carbocycles. The molecule has 29 heavy (non-hydrogen) atoms. The number of guanidine groups is 1. The molecule has 2 aromatic rings. The summed E-state index contributed by atoms with van der Waals surface area (Å²) in [6, 6.07) is 5.49. The zero-order valence-electron chi connectivity index (χ0n) is 16.1. The summed E-state index contributed by atoms with van der Waals surface area (Å²) in [6.45, 7) is 5.46. The van der Waals surface area contributed by atoms with E-state index in [1.807, 2.05) is 19.1 Å². The van der Waals surface area contributed by atoms with Crippen LogP contribution in [0.2, 0.25) is 4.34 Å². The second-order valence-electron chi connectivity index (χ2n) is 6.32. The van der Waals surface area contributed by atoms with Gasteiger partial charge in [0.05, 0.1) is 10.0 Å². The minimum atomic E-state index is -3.41. The molecular formula is C17H25ClIN5O3S2. The van der Waals surface area contributed by atoms with Gasteiger partial charge >= 0.3 is 0 Å². The molecule has 0 amide bonds. The molecule has 0 aromatic carbocycles. The van der Waals surface area contributed by atoms with Crippen molar-refractivity contribution in [1.29, 1.82) is 0 Å². The van der Waals surface area contributed by atoms with Crippen LogP contribution in [0, 0.1) is 0 Å². The van der Waals surface area contributed by atoms with Crippen molar-refractivity contribution in [3.8, 4) is 0 Å². The number of nitrogens with one attached hydrogen (secondary N) is 1. The third-order valence-electron chi connectivity index (χ3n) is 4.34. The molecule has 1 N–H and O–H groups in total. The predicted octanol–water partition coefficient (Wildman–Crippen LogP) is 2.66. The number of hydrogen-bond donors (Lipinski definition) is 1. The number of aromatic nitrogens is 1. The van der Waals surface area contributed by atoms with E-state index in [9.17, 15) is 8.42 Å². The van der Waals surface area contributed by atoms with Crippen molar-refractivity contribution in [2.75, 3.05) is 39.3 Å². The highest BCUT2D eigenvalue weighted by Crippen LogP contribution is 2.21. The highest BCUT2D eigenvalue weighted by Gasteiger charge is 2.28. The monoisotopic (exact) mass is 573 g/mol. The van der Waals surface area contributed by atoms with E-state index in [2.05, 4.69) is 15.4 Å². The van der Waals surface area contributed by atoms with Gasteiger partial charge in [0.1, 0.15) is 12.0 Å². The molecule has 0 aliphatic carbocycles. The van der Waals surface area contributed by atoms with Crippen molar-refractivity contribution in [3.05, 3.63) is 39.4 Å². The summed E-state index contributed by atoms with van der Waals surface area (Å²) in [5.74, 6) is 0.680. The first-order valence-electron chi connectivity index (χ1n) is 9.12. The first-order valence-corrected chi connectivity index (χ1v) is 11.9. The maximum absolute atomic E-state index is 12.6. The number of hydrogen-bond acceptors (Lipinski definition) is 6. The summed E-state index contributed by atoms with van der Waals surface area (Å²) < 4.78 is 32.1. The molecule has 12 heteroatoms. The lowest BCUT2D eigenvalue weighted by molar-refractivity contribution is 0.260. The summed E-state index contributed by atoms with van der Waals surface area (Å²) >= 11 is 7.54. The summed E-state index contributed by atoms with van der Waals surface area (Å²) in [7, 11) is -3.41. The van der Waals surface area contributed by atoms with Gasteiger partial charge in [-0.2, -0.15) is 4.31 Å². The number of nitrogens with zero attached hydrogens (tertiary/aromatic N) is 4. The highest BCUT2D eigenvalue weighted by atomic mass is 127. The second kappa shape index (κ2) is 11.5. The Bertz CT molecular complexity index is 881. The number of aliphatic imine (C=N–C) groups is 1. The lowest BCUT2D eigenvalue weighted by Crippen LogP contribution is -2.54. The van der Waals surface area contributed by atoms with Crippen LogP contribution in [-0.2, 0) is 22.2 Å². The average molecular weight is 574 g/mol. The van der Waals surface area contributed by atoms with E-state index >= 15 is 0 Å². The lowest BCUT2D eigenvalue weighted by Gasteiger charge is -2.35. The number of halogens is 2. The van der Waals surface area contributed by atoms with Crippen LogP contribution in [0.25, 0.3) is 0 Å². The van der Waals surface area contributed by atoms with Crippen molar-refractivity contribution in [3.63, 3.8) is 0 Å².